The highest BCUT2D eigenvalue weighted by Crippen LogP contribution is 2.31. The van der Waals surface area contributed by atoms with Gasteiger partial charge in [-0.2, -0.15) is 0 Å². The molecule has 2 unspecified atom stereocenters. The molecule has 1 aliphatic heterocycles. The number of nitrogens with one attached hydrogen (secondary N) is 1. The molecule has 5 nitrogen and oxygen atoms in total. The van der Waals surface area contributed by atoms with Gasteiger partial charge in [-0.3, -0.25) is 9.59 Å². The Bertz CT molecular complexity index is 642. The van der Waals surface area contributed by atoms with E-state index in [-0.39, 0.29) is 17.7 Å². The molecule has 25 heavy (non-hydrogen) atoms. The summed E-state index contributed by atoms with van der Waals surface area (Å²) in [6.45, 7) is 3.93. The predicted octanol–water partition coefficient (Wildman–Crippen LogP) is 2.33. The van der Waals surface area contributed by atoms with Gasteiger partial charge in [-0.05, 0) is 37.3 Å². The lowest BCUT2D eigenvalue weighted by atomic mass is 9.74. The quantitative estimate of drug-likeness (QED) is 0.861. The smallest absolute Gasteiger partial charge is 0.225 e. The summed E-state index contributed by atoms with van der Waals surface area (Å²) in [6, 6.07) is 8.03. The lowest BCUT2D eigenvalue weighted by molar-refractivity contribution is -0.129. The van der Waals surface area contributed by atoms with Crippen molar-refractivity contribution in [2.24, 2.45) is 11.7 Å². The van der Waals surface area contributed by atoms with Crippen molar-refractivity contribution in [3.63, 3.8) is 0 Å². The molecule has 136 valence electrons. The Hall–Kier alpha value is -1.88. The predicted molar refractivity (Wildman–Crippen MR) is 97.5 cm³/mol. The first-order valence-electron chi connectivity index (χ1n) is 9.38. The van der Waals surface area contributed by atoms with E-state index in [1.165, 1.54) is 0 Å². The topological polar surface area (TPSA) is 75.4 Å². The van der Waals surface area contributed by atoms with Gasteiger partial charge in [0.2, 0.25) is 11.8 Å². The summed E-state index contributed by atoms with van der Waals surface area (Å²) in [6.07, 6.45) is 5.52. The van der Waals surface area contributed by atoms with Gasteiger partial charge in [0.15, 0.2) is 0 Å². The number of carbonyl (C=O) groups excluding carboxylic acids is 2. The van der Waals surface area contributed by atoms with Crippen LogP contribution in [0.4, 0.5) is 0 Å². The summed E-state index contributed by atoms with van der Waals surface area (Å²) in [5, 5.41) is 3.08. The van der Waals surface area contributed by atoms with E-state index in [1.54, 1.807) is 0 Å². The zero-order valence-corrected chi connectivity index (χ0v) is 15.1. The minimum absolute atomic E-state index is 0.0525. The summed E-state index contributed by atoms with van der Waals surface area (Å²) in [4.78, 5) is 26.4. The molecule has 2 fully saturated rings. The fourth-order valence-electron chi connectivity index (χ4n) is 4.06. The van der Waals surface area contributed by atoms with E-state index in [0.29, 0.717) is 19.5 Å². The Morgan fingerprint density at radius 2 is 2.04 bits per heavy atom. The highest BCUT2D eigenvalue weighted by atomic mass is 16.2. The third-order valence-corrected chi connectivity index (χ3v) is 5.67. The fraction of sp³-hybridized carbons (Fsp3) is 0.600. The van der Waals surface area contributed by atoms with Crippen molar-refractivity contribution < 1.29 is 9.59 Å². The van der Waals surface area contributed by atoms with Gasteiger partial charge in [-0.15, -0.1) is 0 Å². The van der Waals surface area contributed by atoms with Crippen LogP contribution in [-0.4, -0.2) is 28.8 Å². The van der Waals surface area contributed by atoms with Crippen LogP contribution in [0.3, 0.4) is 0 Å². The highest BCUT2D eigenvalue weighted by Gasteiger charge is 2.37. The minimum Gasteiger partial charge on any atom is -0.352 e. The van der Waals surface area contributed by atoms with Crippen LogP contribution in [0.15, 0.2) is 24.3 Å². The summed E-state index contributed by atoms with van der Waals surface area (Å²) < 4.78 is 0. The third kappa shape index (κ3) is 4.21. The first-order chi connectivity index (χ1) is 12.0. The molecule has 0 radical (unpaired) electrons. The molecule has 0 bridgehead atoms. The van der Waals surface area contributed by atoms with Crippen LogP contribution in [0.5, 0.6) is 0 Å². The Labute approximate surface area is 150 Å². The van der Waals surface area contributed by atoms with Crippen LogP contribution >= 0.6 is 0 Å². The van der Waals surface area contributed by atoms with Crippen molar-refractivity contribution >= 4 is 11.8 Å². The Kier molecular flexibility index (Phi) is 5.42. The van der Waals surface area contributed by atoms with Crippen LogP contribution in [0.1, 0.15) is 56.6 Å². The summed E-state index contributed by atoms with van der Waals surface area (Å²) in [5.74, 6) is 0.158. The van der Waals surface area contributed by atoms with Gasteiger partial charge in [0.05, 0.1) is 5.92 Å². The van der Waals surface area contributed by atoms with E-state index < -0.39 is 5.54 Å². The second-order valence-corrected chi connectivity index (χ2v) is 7.71. The summed E-state index contributed by atoms with van der Waals surface area (Å²) in [7, 11) is 0. The molecule has 1 heterocycles. The number of amides is 2. The van der Waals surface area contributed by atoms with Gasteiger partial charge in [0.25, 0.3) is 0 Å². The Morgan fingerprint density at radius 1 is 1.28 bits per heavy atom. The molecule has 1 aliphatic carbocycles. The zero-order chi connectivity index (χ0) is 17.9. The number of benzene rings is 1. The maximum atomic E-state index is 12.6. The van der Waals surface area contributed by atoms with Crippen molar-refractivity contribution in [1.82, 2.24) is 10.2 Å². The van der Waals surface area contributed by atoms with E-state index in [4.69, 9.17) is 5.73 Å². The van der Waals surface area contributed by atoms with Crippen molar-refractivity contribution in [2.45, 2.75) is 64.1 Å². The Morgan fingerprint density at radius 3 is 2.72 bits per heavy atom. The van der Waals surface area contributed by atoms with E-state index in [1.807, 2.05) is 36.1 Å². The fourth-order valence-corrected chi connectivity index (χ4v) is 4.06. The second kappa shape index (κ2) is 7.56. The van der Waals surface area contributed by atoms with E-state index >= 15 is 0 Å². The highest BCUT2D eigenvalue weighted by molar-refractivity contribution is 5.80. The normalized spacial score (nSPS) is 26.7. The molecule has 1 saturated heterocycles. The average molecular weight is 343 g/mol. The molecule has 1 saturated carbocycles. The molecule has 1 aromatic rings. The van der Waals surface area contributed by atoms with Gasteiger partial charge in [0, 0.05) is 31.6 Å². The first-order valence-corrected chi connectivity index (χ1v) is 9.38. The maximum absolute atomic E-state index is 12.6. The number of hydrogen-bond donors (Lipinski definition) is 2. The van der Waals surface area contributed by atoms with Crippen molar-refractivity contribution in [3.05, 3.63) is 35.4 Å². The average Bonchev–Trinajstić information content (AvgIpc) is 2.98. The maximum Gasteiger partial charge on any atom is 0.225 e. The SMILES string of the molecule is CC1(N)CCCCC1C(=O)NCc1ccccc1CN1CCCC1=O. The third-order valence-electron chi connectivity index (χ3n) is 5.67. The lowest BCUT2D eigenvalue weighted by Gasteiger charge is -2.37. The summed E-state index contributed by atoms with van der Waals surface area (Å²) >= 11 is 0. The van der Waals surface area contributed by atoms with Gasteiger partial charge < -0.3 is 16.0 Å². The molecular formula is C20H29N3O2. The number of nitrogens with zero attached hydrogens (tertiary/aromatic N) is 1. The number of likely N-dealkylation sites (tertiary alicyclic amines) is 1. The molecule has 5 heteroatoms. The second-order valence-electron chi connectivity index (χ2n) is 7.71. The molecule has 0 aromatic heterocycles. The van der Waals surface area contributed by atoms with Crippen LogP contribution in [-0.2, 0) is 22.7 Å². The molecular weight excluding hydrogens is 314 g/mol. The molecule has 3 N–H and O–H groups in total. The van der Waals surface area contributed by atoms with Crippen molar-refractivity contribution in [1.29, 1.82) is 0 Å². The molecule has 2 amide bonds. The van der Waals surface area contributed by atoms with Crippen LogP contribution in [0, 0.1) is 5.92 Å². The van der Waals surface area contributed by atoms with Crippen LogP contribution in [0.2, 0.25) is 0 Å². The number of carbonyl (C=O) groups is 2. The monoisotopic (exact) mass is 343 g/mol. The summed E-state index contributed by atoms with van der Waals surface area (Å²) in [5.41, 5.74) is 8.11. The molecule has 2 atom stereocenters. The number of rotatable bonds is 5. The molecule has 1 aromatic carbocycles. The van der Waals surface area contributed by atoms with Crippen LogP contribution < -0.4 is 11.1 Å². The van der Waals surface area contributed by atoms with Crippen molar-refractivity contribution in [3.8, 4) is 0 Å². The van der Waals surface area contributed by atoms with Gasteiger partial charge in [-0.1, -0.05) is 37.1 Å². The van der Waals surface area contributed by atoms with E-state index in [9.17, 15) is 9.59 Å². The first kappa shape index (κ1) is 17.9. The van der Waals surface area contributed by atoms with Gasteiger partial charge in [0.1, 0.15) is 0 Å². The largest absolute Gasteiger partial charge is 0.352 e. The zero-order valence-electron chi connectivity index (χ0n) is 15.1. The van der Waals surface area contributed by atoms with Gasteiger partial charge >= 0.3 is 0 Å². The Balaban J connectivity index is 1.63. The number of nitrogens with two attached hydrogens (primary N) is 1. The van der Waals surface area contributed by atoms with E-state index in [0.717, 1.165) is 49.8 Å². The van der Waals surface area contributed by atoms with E-state index in [2.05, 4.69) is 5.32 Å². The molecule has 3 rings (SSSR count). The minimum atomic E-state index is -0.413. The number of hydrogen-bond acceptors (Lipinski definition) is 3. The standard InChI is InChI=1S/C20H29N3O2/c1-20(21)11-5-4-9-17(20)19(25)22-13-15-7-2-3-8-16(15)14-23-12-6-10-18(23)24/h2-3,7-8,17H,4-6,9-14,21H2,1H3,(H,22,25). The van der Waals surface area contributed by atoms with Crippen LogP contribution in [0.25, 0.3) is 0 Å². The van der Waals surface area contributed by atoms with Crippen molar-refractivity contribution in [2.75, 3.05) is 6.54 Å². The molecule has 0 spiro atoms. The lowest BCUT2D eigenvalue weighted by Crippen LogP contribution is -2.52. The molecule has 2 aliphatic rings. The van der Waals surface area contributed by atoms with Gasteiger partial charge in [-0.25, -0.2) is 0 Å².